The number of esters is 1. The standard InChI is InChI=1S/C16H19N3O3/c1-14(2)15(3)6-7-16(14,22-13(15)21)12(20)19-18-10-11-4-8-17-9-5-11/h4-5,8-10H,6-7H2,1-3H3,(H,19,20). The third-order valence-corrected chi connectivity index (χ3v) is 5.54. The summed E-state index contributed by atoms with van der Waals surface area (Å²) in [5, 5.41) is 3.97. The van der Waals surface area contributed by atoms with Crippen molar-refractivity contribution in [1.82, 2.24) is 10.4 Å². The van der Waals surface area contributed by atoms with Gasteiger partial charge in [0.05, 0.1) is 11.6 Å². The first-order valence-corrected chi connectivity index (χ1v) is 7.30. The molecule has 2 unspecified atom stereocenters. The van der Waals surface area contributed by atoms with Crippen LogP contribution in [0.3, 0.4) is 0 Å². The number of carbonyl (C=O) groups is 2. The molecule has 2 heterocycles. The number of aromatic nitrogens is 1. The smallest absolute Gasteiger partial charge is 0.313 e. The van der Waals surface area contributed by atoms with Crippen molar-refractivity contribution >= 4 is 18.1 Å². The van der Waals surface area contributed by atoms with Crippen molar-refractivity contribution in [2.75, 3.05) is 0 Å². The lowest BCUT2D eigenvalue weighted by molar-refractivity contribution is -0.168. The molecule has 1 saturated heterocycles. The summed E-state index contributed by atoms with van der Waals surface area (Å²) >= 11 is 0. The molecule has 0 spiro atoms. The zero-order valence-electron chi connectivity index (χ0n) is 12.9. The summed E-state index contributed by atoms with van der Waals surface area (Å²) in [4.78, 5) is 28.6. The largest absolute Gasteiger partial charge is 0.448 e. The van der Waals surface area contributed by atoms with E-state index < -0.39 is 16.4 Å². The fourth-order valence-electron chi connectivity index (χ4n) is 3.45. The Hall–Kier alpha value is -2.24. The molecule has 3 rings (SSSR count). The molecule has 0 aromatic carbocycles. The minimum atomic E-state index is -1.13. The molecule has 1 amide bonds. The number of pyridine rings is 1. The highest BCUT2D eigenvalue weighted by Crippen LogP contribution is 2.65. The van der Waals surface area contributed by atoms with Crippen LogP contribution >= 0.6 is 0 Å². The number of hydrazone groups is 1. The van der Waals surface area contributed by atoms with Crippen LogP contribution in [-0.4, -0.2) is 28.7 Å². The van der Waals surface area contributed by atoms with Crippen LogP contribution in [0, 0.1) is 10.8 Å². The SMILES string of the molecule is CC12CCC(C(=O)NN=Cc3ccncc3)(OC1=O)C2(C)C. The molecule has 1 N–H and O–H groups in total. The van der Waals surface area contributed by atoms with Gasteiger partial charge in [-0.2, -0.15) is 5.10 Å². The second-order valence-corrected chi connectivity index (χ2v) is 6.65. The van der Waals surface area contributed by atoms with E-state index in [1.807, 2.05) is 20.8 Å². The van der Waals surface area contributed by atoms with Crippen LogP contribution in [0.5, 0.6) is 0 Å². The summed E-state index contributed by atoms with van der Waals surface area (Å²) in [6, 6.07) is 3.56. The van der Waals surface area contributed by atoms with E-state index in [9.17, 15) is 9.59 Å². The molecule has 22 heavy (non-hydrogen) atoms. The van der Waals surface area contributed by atoms with Crippen LogP contribution < -0.4 is 5.43 Å². The van der Waals surface area contributed by atoms with Crippen molar-refractivity contribution in [2.24, 2.45) is 15.9 Å². The van der Waals surface area contributed by atoms with Crippen molar-refractivity contribution < 1.29 is 14.3 Å². The molecule has 2 aliphatic rings. The number of carbonyl (C=O) groups excluding carboxylic acids is 2. The first kappa shape index (κ1) is 14.7. The number of nitrogens with zero attached hydrogens (tertiary/aromatic N) is 2. The highest BCUT2D eigenvalue weighted by Gasteiger charge is 2.75. The Morgan fingerprint density at radius 3 is 2.55 bits per heavy atom. The van der Waals surface area contributed by atoms with Gasteiger partial charge in [0.1, 0.15) is 0 Å². The van der Waals surface area contributed by atoms with Gasteiger partial charge in [-0.3, -0.25) is 14.6 Å². The number of nitrogens with one attached hydrogen (secondary N) is 1. The second kappa shape index (κ2) is 4.63. The van der Waals surface area contributed by atoms with E-state index in [1.54, 1.807) is 24.5 Å². The van der Waals surface area contributed by atoms with Gasteiger partial charge in [0.2, 0.25) is 0 Å². The number of ether oxygens (including phenoxy) is 1. The number of fused-ring (bicyclic) bond motifs is 2. The first-order chi connectivity index (χ1) is 10.3. The van der Waals surface area contributed by atoms with Crippen LogP contribution in [0.2, 0.25) is 0 Å². The van der Waals surface area contributed by atoms with Gasteiger partial charge in [-0.1, -0.05) is 13.8 Å². The summed E-state index contributed by atoms with van der Waals surface area (Å²) in [7, 11) is 0. The van der Waals surface area contributed by atoms with E-state index in [1.165, 1.54) is 6.21 Å². The van der Waals surface area contributed by atoms with E-state index in [0.717, 1.165) is 5.56 Å². The van der Waals surface area contributed by atoms with Crippen molar-refractivity contribution in [3.8, 4) is 0 Å². The minimum absolute atomic E-state index is 0.294. The molecule has 1 saturated carbocycles. The summed E-state index contributed by atoms with van der Waals surface area (Å²) in [5.74, 6) is -0.658. The topological polar surface area (TPSA) is 80.7 Å². The first-order valence-electron chi connectivity index (χ1n) is 7.30. The maximum absolute atomic E-state index is 12.6. The van der Waals surface area contributed by atoms with Crippen LogP contribution in [0.15, 0.2) is 29.6 Å². The third-order valence-electron chi connectivity index (χ3n) is 5.54. The van der Waals surface area contributed by atoms with Gasteiger partial charge in [-0.25, -0.2) is 5.43 Å². The van der Waals surface area contributed by atoms with Crippen molar-refractivity contribution in [1.29, 1.82) is 0 Å². The highest BCUT2D eigenvalue weighted by atomic mass is 16.6. The van der Waals surface area contributed by atoms with Gasteiger partial charge in [0, 0.05) is 17.8 Å². The summed E-state index contributed by atoms with van der Waals surface area (Å²) in [5.41, 5.74) is 1.04. The van der Waals surface area contributed by atoms with Crippen LogP contribution in [0.4, 0.5) is 0 Å². The minimum Gasteiger partial charge on any atom is -0.448 e. The zero-order chi connectivity index (χ0) is 16.0. The zero-order valence-corrected chi connectivity index (χ0v) is 12.9. The van der Waals surface area contributed by atoms with E-state index in [0.29, 0.717) is 12.8 Å². The highest BCUT2D eigenvalue weighted by molar-refractivity contribution is 5.96. The maximum atomic E-state index is 12.6. The predicted octanol–water partition coefficient (Wildman–Crippen LogP) is 1.65. The van der Waals surface area contributed by atoms with Crippen LogP contribution in [0.25, 0.3) is 0 Å². The molecule has 1 aromatic heterocycles. The molecular weight excluding hydrogens is 282 g/mol. The Bertz CT molecular complexity index is 656. The van der Waals surface area contributed by atoms with Gasteiger partial charge in [0.25, 0.3) is 5.91 Å². The fraction of sp³-hybridized carbons (Fsp3) is 0.500. The van der Waals surface area contributed by atoms with Gasteiger partial charge in [-0.15, -0.1) is 0 Å². The van der Waals surface area contributed by atoms with Gasteiger partial charge < -0.3 is 4.74 Å². The Morgan fingerprint density at radius 1 is 1.32 bits per heavy atom. The van der Waals surface area contributed by atoms with E-state index in [4.69, 9.17) is 4.74 Å². The maximum Gasteiger partial charge on any atom is 0.313 e. The Morgan fingerprint density at radius 2 is 2.00 bits per heavy atom. The van der Waals surface area contributed by atoms with Crippen molar-refractivity contribution in [3.05, 3.63) is 30.1 Å². The number of hydrogen-bond acceptors (Lipinski definition) is 5. The lowest BCUT2D eigenvalue weighted by Gasteiger charge is -2.34. The molecule has 6 heteroatoms. The Labute approximate surface area is 129 Å². The quantitative estimate of drug-likeness (QED) is 0.523. The lowest BCUT2D eigenvalue weighted by Crippen LogP contribution is -2.52. The molecule has 1 aliphatic carbocycles. The van der Waals surface area contributed by atoms with Crippen molar-refractivity contribution in [2.45, 2.75) is 39.2 Å². The summed E-state index contributed by atoms with van der Waals surface area (Å²) in [6.07, 6.45) is 6.01. The van der Waals surface area contributed by atoms with Gasteiger partial charge >= 0.3 is 5.97 Å². The average Bonchev–Trinajstić information content (AvgIpc) is 2.78. The number of hydrogen-bond donors (Lipinski definition) is 1. The Kier molecular flexibility index (Phi) is 3.09. The molecule has 2 atom stereocenters. The number of amides is 1. The molecule has 1 aromatic rings. The molecule has 6 nitrogen and oxygen atoms in total. The number of rotatable bonds is 3. The molecule has 116 valence electrons. The lowest BCUT2D eigenvalue weighted by atomic mass is 9.66. The predicted molar refractivity (Wildman–Crippen MR) is 79.9 cm³/mol. The van der Waals surface area contributed by atoms with Crippen LogP contribution in [0.1, 0.15) is 39.2 Å². The van der Waals surface area contributed by atoms with Crippen LogP contribution in [-0.2, 0) is 14.3 Å². The van der Waals surface area contributed by atoms with Gasteiger partial charge in [0.15, 0.2) is 5.60 Å². The van der Waals surface area contributed by atoms with Gasteiger partial charge in [-0.05, 0) is 37.5 Å². The molecule has 2 bridgehead atoms. The monoisotopic (exact) mass is 301 g/mol. The van der Waals surface area contributed by atoms with E-state index >= 15 is 0 Å². The Balaban J connectivity index is 1.78. The normalized spacial score (nSPS) is 32.2. The molecule has 1 aliphatic heterocycles. The molecule has 0 radical (unpaired) electrons. The van der Waals surface area contributed by atoms with E-state index in [-0.39, 0.29) is 11.9 Å². The van der Waals surface area contributed by atoms with Crippen molar-refractivity contribution in [3.63, 3.8) is 0 Å². The molecule has 2 fully saturated rings. The fourth-order valence-corrected chi connectivity index (χ4v) is 3.45. The second-order valence-electron chi connectivity index (χ2n) is 6.65. The van der Waals surface area contributed by atoms with E-state index in [2.05, 4.69) is 15.5 Å². The average molecular weight is 301 g/mol. The molecular formula is C16H19N3O3. The summed E-state index contributed by atoms with van der Waals surface area (Å²) in [6.45, 7) is 5.70. The third kappa shape index (κ3) is 1.73. The summed E-state index contributed by atoms with van der Waals surface area (Å²) < 4.78 is 5.50.